The Bertz CT molecular complexity index is 593. The molecule has 0 aromatic carbocycles. The van der Waals surface area contributed by atoms with E-state index in [1.807, 2.05) is 18.3 Å². The summed E-state index contributed by atoms with van der Waals surface area (Å²) in [5.41, 5.74) is 5.66. The van der Waals surface area contributed by atoms with E-state index < -0.39 is 13.1 Å². The van der Waals surface area contributed by atoms with Crippen molar-refractivity contribution in [1.29, 1.82) is 0 Å². The van der Waals surface area contributed by atoms with Crippen LogP contribution in [0.4, 0.5) is 0 Å². The van der Waals surface area contributed by atoms with E-state index in [1.54, 1.807) is 0 Å². The molecule has 1 aromatic rings. The first-order valence-corrected chi connectivity index (χ1v) is 12.9. The predicted molar refractivity (Wildman–Crippen MR) is 113 cm³/mol. The zero-order chi connectivity index (χ0) is 19.8. The van der Waals surface area contributed by atoms with Gasteiger partial charge < -0.3 is 20.3 Å². The van der Waals surface area contributed by atoms with Crippen LogP contribution >= 0.6 is 18.9 Å². The molecule has 27 heavy (non-hydrogen) atoms. The Morgan fingerprint density at radius 2 is 1.81 bits per heavy atom. The van der Waals surface area contributed by atoms with Gasteiger partial charge in [-0.1, -0.05) is 19.3 Å². The molecule has 4 N–H and O–H groups in total. The van der Waals surface area contributed by atoms with E-state index in [9.17, 15) is 4.57 Å². The van der Waals surface area contributed by atoms with Crippen LogP contribution in [-0.4, -0.2) is 34.2 Å². The van der Waals surface area contributed by atoms with Gasteiger partial charge in [-0.05, 0) is 70.4 Å². The highest BCUT2D eigenvalue weighted by Crippen LogP contribution is 2.37. The van der Waals surface area contributed by atoms with Gasteiger partial charge in [0.05, 0.1) is 12.3 Å². The number of rotatable bonds is 12. The lowest BCUT2D eigenvalue weighted by Crippen LogP contribution is -2.37. The number of ether oxygens (including phenoxy) is 1. The SMILES string of the molecule is CC(N)(CCc1ccc(CCCCOC2CCCCC2)s1)CCP(=O)(O)O. The summed E-state index contributed by atoms with van der Waals surface area (Å²) in [6.45, 7) is 2.76. The third kappa shape index (κ3) is 10.2. The molecule has 1 fully saturated rings. The molecule has 0 amide bonds. The molecule has 0 aliphatic heterocycles. The molecule has 5 nitrogen and oxygen atoms in total. The van der Waals surface area contributed by atoms with Crippen LogP contribution in [0, 0.1) is 0 Å². The summed E-state index contributed by atoms with van der Waals surface area (Å²) in [4.78, 5) is 20.7. The maximum atomic E-state index is 11.0. The minimum absolute atomic E-state index is 0.140. The molecule has 1 aromatic heterocycles. The van der Waals surface area contributed by atoms with Gasteiger partial charge in [0.25, 0.3) is 0 Å². The van der Waals surface area contributed by atoms with Crippen molar-refractivity contribution in [3.63, 3.8) is 0 Å². The maximum Gasteiger partial charge on any atom is 0.325 e. The Hall–Kier alpha value is -0.230. The van der Waals surface area contributed by atoms with Gasteiger partial charge in [-0.2, -0.15) is 0 Å². The Morgan fingerprint density at radius 1 is 1.15 bits per heavy atom. The van der Waals surface area contributed by atoms with E-state index in [0.29, 0.717) is 12.5 Å². The third-order valence-corrected chi connectivity index (χ3v) is 7.37. The van der Waals surface area contributed by atoms with Crippen molar-refractivity contribution in [2.24, 2.45) is 5.73 Å². The number of hydrogen-bond acceptors (Lipinski definition) is 4. The van der Waals surface area contributed by atoms with E-state index >= 15 is 0 Å². The number of thiophene rings is 1. The van der Waals surface area contributed by atoms with Crippen molar-refractivity contribution < 1.29 is 19.1 Å². The topological polar surface area (TPSA) is 92.8 Å². The molecule has 1 saturated carbocycles. The molecule has 0 spiro atoms. The fraction of sp³-hybridized carbons (Fsp3) is 0.800. The number of hydrogen-bond donors (Lipinski definition) is 3. The zero-order valence-corrected chi connectivity index (χ0v) is 18.3. The fourth-order valence-electron chi connectivity index (χ4n) is 3.51. The quantitative estimate of drug-likeness (QED) is 0.340. The highest BCUT2D eigenvalue weighted by Gasteiger charge is 2.23. The van der Waals surface area contributed by atoms with E-state index in [-0.39, 0.29) is 6.16 Å². The Morgan fingerprint density at radius 3 is 2.48 bits per heavy atom. The normalized spacial score (nSPS) is 18.5. The van der Waals surface area contributed by atoms with Gasteiger partial charge >= 0.3 is 7.60 Å². The Labute approximate surface area is 167 Å². The molecule has 7 heteroatoms. The summed E-state index contributed by atoms with van der Waals surface area (Å²) in [6, 6.07) is 4.36. The van der Waals surface area contributed by atoms with Gasteiger partial charge in [-0.3, -0.25) is 4.57 Å². The van der Waals surface area contributed by atoms with Crippen molar-refractivity contribution >= 4 is 18.9 Å². The number of aryl methyl sites for hydroxylation is 2. The zero-order valence-electron chi connectivity index (χ0n) is 16.6. The van der Waals surface area contributed by atoms with Gasteiger partial charge in [0.15, 0.2) is 0 Å². The molecule has 1 unspecified atom stereocenters. The van der Waals surface area contributed by atoms with Crippen LogP contribution in [0.2, 0.25) is 0 Å². The molecule has 1 atom stereocenters. The molecular formula is C20H36NO4PS. The third-order valence-electron chi connectivity index (χ3n) is 5.36. The van der Waals surface area contributed by atoms with Gasteiger partial charge in [-0.25, -0.2) is 0 Å². The summed E-state index contributed by atoms with van der Waals surface area (Å²) in [7, 11) is -3.97. The average Bonchev–Trinajstić information content (AvgIpc) is 3.07. The van der Waals surface area contributed by atoms with E-state index in [0.717, 1.165) is 38.7 Å². The lowest BCUT2D eigenvalue weighted by atomic mass is 9.94. The minimum atomic E-state index is -3.97. The second-order valence-corrected chi connectivity index (χ2v) is 11.3. The van der Waals surface area contributed by atoms with E-state index in [1.165, 1.54) is 41.9 Å². The van der Waals surface area contributed by atoms with Crippen molar-refractivity contribution in [1.82, 2.24) is 0 Å². The molecule has 0 radical (unpaired) electrons. The largest absolute Gasteiger partial charge is 0.378 e. The first kappa shape index (κ1) is 23.1. The monoisotopic (exact) mass is 417 g/mol. The minimum Gasteiger partial charge on any atom is -0.378 e. The second-order valence-electron chi connectivity index (χ2n) is 8.25. The number of unbranched alkanes of at least 4 members (excludes halogenated alkanes) is 1. The van der Waals surface area contributed by atoms with E-state index in [2.05, 4.69) is 12.1 Å². The highest BCUT2D eigenvalue weighted by atomic mass is 32.1. The standard InChI is InChI=1S/C20H36NO4PS/c1-20(21,14-16-26(22,23)24)13-12-19-11-10-18(27-19)9-5-6-15-25-17-7-3-2-4-8-17/h10-11,17H,2-9,12-16,21H2,1H3,(H2,22,23,24). The first-order chi connectivity index (χ1) is 12.7. The molecule has 0 saturated heterocycles. The molecule has 1 aliphatic carbocycles. The smallest absolute Gasteiger partial charge is 0.325 e. The highest BCUT2D eigenvalue weighted by molar-refractivity contribution is 7.51. The first-order valence-electron chi connectivity index (χ1n) is 10.3. The van der Waals surface area contributed by atoms with Crippen LogP contribution in [-0.2, 0) is 22.1 Å². The van der Waals surface area contributed by atoms with Gasteiger partial charge in [0, 0.05) is 21.9 Å². The maximum absolute atomic E-state index is 11.0. The van der Waals surface area contributed by atoms with Gasteiger partial charge in [0.2, 0.25) is 0 Å². The van der Waals surface area contributed by atoms with Crippen LogP contribution in [0.25, 0.3) is 0 Å². The van der Waals surface area contributed by atoms with Crippen LogP contribution in [0.3, 0.4) is 0 Å². The van der Waals surface area contributed by atoms with Crippen molar-refractivity contribution in [2.45, 2.75) is 89.2 Å². The summed E-state index contributed by atoms with van der Waals surface area (Å²) in [5, 5.41) is 0. The van der Waals surface area contributed by atoms with Crippen LogP contribution in [0.5, 0.6) is 0 Å². The summed E-state index contributed by atoms with van der Waals surface area (Å²) in [5.74, 6) is 0. The van der Waals surface area contributed by atoms with Crippen LogP contribution < -0.4 is 5.73 Å². The summed E-state index contributed by atoms with van der Waals surface area (Å²) >= 11 is 1.83. The molecule has 0 bridgehead atoms. The van der Waals surface area contributed by atoms with Crippen LogP contribution in [0.1, 0.15) is 74.5 Å². The fourth-order valence-corrected chi connectivity index (χ4v) is 5.37. The summed E-state index contributed by atoms with van der Waals surface area (Å²) in [6.07, 6.45) is 12.2. The van der Waals surface area contributed by atoms with Gasteiger partial charge in [-0.15, -0.1) is 11.3 Å². The predicted octanol–water partition coefficient (Wildman–Crippen LogP) is 4.64. The van der Waals surface area contributed by atoms with Crippen LogP contribution in [0.15, 0.2) is 12.1 Å². The molecule has 1 aliphatic rings. The lowest BCUT2D eigenvalue weighted by molar-refractivity contribution is 0.0265. The van der Waals surface area contributed by atoms with Crippen molar-refractivity contribution in [3.8, 4) is 0 Å². The Balaban J connectivity index is 1.60. The molecular weight excluding hydrogens is 381 g/mol. The molecule has 1 heterocycles. The van der Waals surface area contributed by atoms with E-state index in [4.69, 9.17) is 20.3 Å². The second kappa shape index (κ2) is 11.1. The Kier molecular flexibility index (Phi) is 9.46. The number of nitrogens with two attached hydrogens (primary N) is 1. The average molecular weight is 418 g/mol. The molecule has 156 valence electrons. The summed E-state index contributed by atoms with van der Waals surface area (Å²) < 4.78 is 17.0. The van der Waals surface area contributed by atoms with Crippen molar-refractivity contribution in [2.75, 3.05) is 12.8 Å². The van der Waals surface area contributed by atoms with Gasteiger partial charge in [0.1, 0.15) is 0 Å². The van der Waals surface area contributed by atoms with Crippen molar-refractivity contribution in [3.05, 3.63) is 21.9 Å². The molecule has 2 rings (SSSR count). The lowest BCUT2D eigenvalue weighted by Gasteiger charge is -2.24.